The van der Waals surface area contributed by atoms with Crippen molar-refractivity contribution in [1.82, 2.24) is 0 Å². The normalized spacial score (nSPS) is 12.4. The summed E-state index contributed by atoms with van der Waals surface area (Å²) in [7, 11) is -8.97. The minimum atomic E-state index is -4.62. The van der Waals surface area contributed by atoms with Crippen LogP contribution in [0.1, 0.15) is 5.56 Å². The van der Waals surface area contributed by atoms with Crippen LogP contribution in [0.5, 0.6) is 5.75 Å². The van der Waals surface area contributed by atoms with Crippen molar-refractivity contribution in [1.29, 1.82) is 0 Å². The predicted octanol–water partition coefficient (Wildman–Crippen LogP) is 0.549. The second-order valence-corrected chi connectivity index (χ2v) is 6.55. The standard InChI is InChI=1S/C8H10O6S2/c1-7-3-2-4-8(5-7)14-16(12,13)6-15(9,10)11/h2-5H,6H2,1H3,(H,9,10,11). The van der Waals surface area contributed by atoms with E-state index in [-0.39, 0.29) is 5.75 Å². The summed E-state index contributed by atoms with van der Waals surface area (Å²) in [5.74, 6) is 0.00338. The molecule has 0 heterocycles. The van der Waals surface area contributed by atoms with Crippen molar-refractivity contribution in [3.8, 4) is 5.75 Å². The van der Waals surface area contributed by atoms with Gasteiger partial charge in [-0.1, -0.05) is 12.1 Å². The van der Waals surface area contributed by atoms with Gasteiger partial charge in [-0.15, -0.1) is 0 Å². The van der Waals surface area contributed by atoms with Gasteiger partial charge in [0.25, 0.3) is 10.1 Å². The molecule has 0 saturated heterocycles. The molecule has 0 atom stereocenters. The zero-order chi connectivity index (χ0) is 12.4. The molecular weight excluding hydrogens is 256 g/mol. The van der Waals surface area contributed by atoms with Gasteiger partial charge >= 0.3 is 10.1 Å². The third-order valence-corrected chi connectivity index (χ3v) is 4.30. The summed E-state index contributed by atoms with van der Waals surface area (Å²) in [6.07, 6.45) is 0. The summed E-state index contributed by atoms with van der Waals surface area (Å²) in [4.78, 5) is 0. The molecule has 8 heteroatoms. The van der Waals surface area contributed by atoms with E-state index >= 15 is 0 Å². The smallest absolute Gasteiger partial charge is 0.326 e. The van der Waals surface area contributed by atoms with E-state index in [0.717, 1.165) is 5.56 Å². The lowest BCUT2D eigenvalue weighted by Crippen LogP contribution is -2.20. The monoisotopic (exact) mass is 266 g/mol. The minimum absolute atomic E-state index is 0.00338. The molecule has 0 aliphatic carbocycles. The maximum absolute atomic E-state index is 11.2. The number of rotatable bonds is 4. The zero-order valence-electron chi connectivity index (χ0n) is 8.32. The van der Waals surface area contributed by atoms with Gasteiger partial charge in [-0.05, 0) is 24.6 Å². The fraction of sp³-hybridized carbons (Fsp3) is 0.250. The Balaban J connectivity index is 2.90. The number of aryl methyl sites for hydroxylation is 1. The van der Waals surface area contributed by atoms with Crippen LogP contribution in [0, 0.1) is 6.92 Å². The van der Waals surface area contributed by atoms with Crippen LogP contribution in [0.3, 0.4) is 0 Å². The summed E-state index contributed by atoms with van der Waals surface area (Å²) in [6, 6.07) is 6.09. The molecule has 0 fully saturated rings. The summed E-state index contributed by atoms with van der Waals surface area (Å²) in [5, 5.41) is -1.46. The lowest BCUT2D eigenvalue weighted by atomic mass is 10.2. The summed E-state index contributed by atoms with van der Waals surface area (Å²) < 4.78 is 56.0. The quantitative estimate of drug-likeness (QED) is 0.631. The molecule has 16 heavy (non-hydrogen) atoms. The van der Waals surface area contributed by atoms with E-state index in [2.05, 4.69) is 4.18 Å². The lowest BCUT2D eigenvalue weighted by Gasteiger charge is -2.05. The molecule has 6 nitrogen and oxygen atoms in total. The van der Waals surface area contributed by atoms with Crippen molar-refractivity contribution >= 4 is 20.2 Å². The molecule has 0 unspecified atom stereocenters. The Morgan fingerprint density at radius 2 is 1.88 bits per heavy atom. The van der Waals surface area contributed by atoms with Crippen molar-refractivity contribution < 1.29 is 25.6 Å². The van der Waals surface area contributed by atoms with Crippen LogP contribution in [0.2, 0.25) is 0 Å². The van der Waals surface area contributed by atoms with Gasteiger partial charge in [-0.2, -0.15) is 16.8 Å². The van der Waals surface area contributed by atoms with Gasteiger partial charge in [0.15, 0.2) is 0 Å². The topological polar surface area (TPSA) is 97.7 Å². The second-order valence-electron chi connectivity index (χ2n) is 3.16. The van der Waals surface area contributed by atoms with Gasteiger partial charge in [-0.25, -0.2) is 0 Å². The molecule has 1 aromatic rings. The maximum Gasteiger partial charge on any atom is 0.326 e. The van der Waals surface area contributed by atoms with Crippen LogP contribution in [0.4, 0.5) is 0 Å². The van der Waals surface area contributed by atoms with Gasteiger partial charge in [0, 0.05) is 0 Å². The first kappa shape index (κ1) is 12.9. The van der Waals surface area contributed by atoms with Crippen LogP contribution >= 0.6 is 0 Å². The number of hydrogen-bond donors (Lipinski definition) is 1. The van der Waals surface area contributed by atoms with Gasteiger partial charge in [0.05, 0.1) is 0 Å². The third-order valence-electron chi connectivity index (χ3n) is 1.51. The second kappa shape index (κ2) is 4.40. The molecule has 0 aromatic heterocycles. The van der Waals surface area contributed by atoms with Crippen LogP contribution in [0.15, 0.2) is 24.3 Å². The fourth-order valence-corrected chi connectivity index (χ4v) is 3.07. The predicted molar refractivity (Wildman–Crippen MR) is 57.1 cm³/mol. The molecule has 0 amide bonds. The third kappa shape index (κ3) is 4.60. The van der Waals surface area contributed by atoms with Gasteiger partial charge in [0.1, 0.15) is 5.75 Å². The van der Waals surface area contributed by atoms with E-state index in [9.17, 15) is 16.8 Å². The van der Waals surface area contributed by atoms with E-state index in [0.29, 0.717) is 0 Å². The first-order valence-electron chi connectivity index (χ1n) is 4.12. The fourth-order valence-electron chi connectivity index (χ4n) is 1.02. The minimum Gasteiger partial charge on any atom is -0.382 e. The average Bonchev–Trinajstić information content (AvgIpc) is 1.96. The Morgan fingerprint density at radius 1 is 1.25 bits per heavy atom. The van der Waals surface area contributed by atoms with E-state index in [1.807, 2.05) is 0 Å². The zero-order valence-corrected chi connectivity index (χ0v) is 9.95. The summed E-state index contributed by atoms with van der Waals surface area (Å²) in [5.41, 5.74) is 0.763. The largest absolute Gasteiger partial charge is 0.382 e. The molecule has 0 bridgehead atoms. The highest BCUT2D eigenvalue weighted by Gasteiger charge is 2.21. The van der Waals surface area contributed by atoms with Crippen molar-refractivity contribution in [2.75, 3.05) is 5.08 Å². The summed E-state index contributed by atoms with van der Waals surface area (Å²) in [6.45, 7) is 1.72. The lowest BCUT2D eigenvalue weighted by molar-refractivity contribution is 0.473. The van der Waals surface area contributed by atoms with E-state index in [1.165, 1.54) is 12.1 Å². The number of hydrogen-bond acceptors (Lipinski definition) is 5. The maximum atomic E-state index is 11.2. The molecule has 1 aromatic carbocycles. The van der Waals surface area contributed by atoms with Crippen LogP contribution in [-0.4, -0.2) is 26.5 Å². The van der Waals surface area contributed by atoms with Crippen LogP contribution in [0.25, 0.3) is 0 Å². The van der Waals surface area contributed by atoms with E-state index in [4.69, 9.17) is 4.55 Å². The number of benzene rings is 1. The molecule has 0 saturated carbocycles. The highest BCUT2D eigenvalue weighted by Crippen LogP contribution is 2.15. The van der Waals surface area contributed by atoms with Crippen LogP contribution in [-0.2, 0) is 20.2 Å². The SMILES string of the molecule is Cc1cccc(OS(=O)(=O)CS(=O)(=O)O)c1. The molecular formula is C8H10O6S2. The molecule has 0 aliphatic heterocycles. The Hall–Kier alpha value is -1.12. The van der Waals surface area contributed by atoms with Gasteiger partial charge < -0.3 is 4.18 Å². The molecule has 0 radical (unpaired) electrons. The first-order chi connectivity index (χ1) is 7.18. The molecule has 0 aliphatic rings. The highest BCUT2D eigenvalue weighted by molar-refractivity contribution is 8.03. The van der Waals surface area contributed by atoms with E-state index in [1.54, 1.807) is 19.1 Å². The Labute approximate surface area is 93.7 Å². The van der Waals surface area contributed by atoms with E-state index < -0.39 is 25.3 Å². The van der Waals surface area contributed by atoms with Crippen molar-refractivity contribution in [2.24, 2.45) is 0 Å². The van der Waals surface area contributed by atoms with Crippen LogP contribution < -0.4 is 4.18 Å². The van der Waals surface area contributed by atoms with Gasteiger partial charge in [-0.3, -0.25) is 4.55 Å². The molecule has 1 N–H and O–H groups in total. The molecule has 1 rings (SSSR count). The first-order valence-corrected chi connectivity index (χ1v) is 7.31. The Kier molecular flexibility index (Phi) is 3.56. The van der Waals surface area contributed by atoms with Crippen molar-refractivity contribution in [2.45, 2.75) is 6.92 Å². The van der Waals surface area contributed by atoms with Gasteiger partial charge in [0.2, 0.25) is 5.08 Å². The molecule has 90 valence electrons. The highest BCUT2D eigenvalue weighted by atomic mass is 32.3. The summed E-state index contributed by atoms with van der Waals surface area (Å²) >= 11 is 0. The molecule has 0 spiro atoms. The van der Waals surface area contributed by atoms with Crippen molar-refractivity contribution in [3.63, 3.8) is 0 Å². The van der Waals surface area contributed by atoms with Crippen molar-refractivity contribution in [3.05, 3.63) is 29.8 Å². The Morgan fingerprint density at radius 3 is 2.38 bits per heavy atom. The average molecular weight is 266 g/mol. The Bertz CT molecular complexity index is 572.